The lowest BCUT2D eigenvalue weighted by Gasteiger charge is -2.12. The van der Waals surface area contributed by atoms with Crippen molar-refractivity contribution in [1.29, 1.82) is 0 Å². The molecule has 3 aromatic heterocycles. The van der Waals surface area contributed by atoms with Crippen molar-refractivity contribution in [2.45, 2.75) is 20.4 Å². The molecule has 0 unspecified atom stereocenters. The molecule has 0 N–H and O–H groups in total. The summed E-state index contributed by atoms with van der Waals surface area (Å²) < 4.78 is 24.3. The van der Waals surface area contributed by atoms with Gasteiger partial charge in [-0.3, -0.25) is 4.79 Å². The summed E-state index contributed by atoms with van der Waals surface area (Å²) in [6.45, 7) is 4.05. The van der Waals surface area contributed by atoms with Gasteiger partial charge in [0.2, 0.25) is 17.5 Å². The topological polar surface area (TPSA) is 119 Å². The number of aryl methyl sites for hydroxylation is 2. The molecule has 0 amide bonds. The van der Waals surface area contributed by atoms with Crippen LogP contribution in [0.1, 0.15) is 17.0 Å². The first-order valence-electron chi connectivity index (χ1n) is 11.1. The molecule has 2 aromatic carbocycles. The maximum atomic E-state index is 13.1. The Kier molecular flexibility index (Phi) is 5.88. The third-order valence-corrected chi connectivity index (χ3v) is 5.82. The van der Waals surface area contributed by atoms with Crippen molar-refractivity contribution in [3.8, 4) is 39.9 Å². The molecule has 11 heteroatoms. The average molecular weight is 489 g/mol. The smallest absolute Gasteiger partial charge is 0.293 e. The average Bonchev–Trinajstić information content (AvgIpc) is 3.52. The molecular formula is C25H24N6O5. The number of methoxy groups -OCH3 is 3. The second kappa shape index (κ2) is 9.17. The van der Waals surface area contributed by atoms with E-state index in [4.69, 9.17) is 18.7 Å². The fourth-order valence-electron chi connectivity index (χ4n) is 4.06. The van der Waals surface area contributed by atoms with E-state index in [9.17, 15) is 4.79 Å². The molecule has 0 spiro atoms. The van der Waals surface area contributed by atoms with E-state index in [2.05, 4.69) is 26.4 Å². The molecule has 0 saturated carbocycles. The molecule has 0 atom stereocenters. The number of nitrogens with zero attached hydrogens (tertiary/aromatic N) is 6. The van der Waals surface area contributed by atoms with E-state index >= 15 is 0 Å². The quantitative estimate of drug-likeness (QED) is 0.340. The number of hydrogen-bond acceptors (Lipinski definition) is 9. The summed E-state index contributed by atoms with van der Waals surface area (Å²) >= 11 is 0. The fourth-order valence-corrected chi connectivity index (χ4v) is 4.06. The Morgan fingerprint density at radius 3 is 2.39 bits per heavy atom. The van der Waals surface area contributed by atoms with Crippen molar-refractivity contribution in [1.82, 2.24) is 29.5 Å². The summed E-state index contributed by atoms with van der Waals surface area (Å²) in [7, 11) is 4.58. The zero-order valence-corrected chi connectivity index (χ0v) is 20.5. The molecule has 0 saturated heterocycles. The van der Waals surface area contributed by atoms with Gasteiger partial charge in [0.1, 0.15) is 18.4 Å². The first-order valence-corrected chi connectivity index (χ1v) is 11.1. The maximum absolute atomic E-state index is 13.1. The van der Waals surface area contributed by atoms with Crippen molar-refractivity contribution < 1.29 is 18.7 Å². The van der Waals surface area contributed by atoms with E-state index in [1.54, 1.807) is 18.2 Å². The molecule has 3 heterocycles. The molecule has 0 fully saturated rings. The molecule has 11 nitrogen and oxygen atoms in total. The highest BCUT2D eigenvalue weighted by atomic mass is 16.5. The number of aromatic nitrogens is 6. The summed E-state index contributed by atoms with van der Waals surface area (Å²) in [4.78, 5) is 17.6. The van der Waals surface area contributed by atoms with Crippen LogP contribution in [0.15, 0.2) is 52.0 Å². The van der Waals surface area contributed by atoms with Gasteiger partial charge >= 0.3 is 0 Å². The molecule has 184 valence electrons. The lowest BCUT2D eigenvalue weighted by molar-refractivity contribution is 0.324. The van der Waals surface area contributed by atoms with Gasteiger partial charge in [0, 0.05) is 11.1 Å². The molecule has 36 heavy (non-hydrogen) atoms. The van der Waals surface area contributed by atoms with Gasteiger partial charge in [0.05, 0.1) is 27.0 Å². The van der Waals surface area contributed by atoms with Gasteiger partial charge in [-0.05, 0) is 37.6 Å². The summed E-state index contributed by atoms with van der Waals surface area (Å²) in [5.41, 5.74) is 4.57. The second-order valence-corrected chi connectivity index (χ2v) is 8.20. The third-order valence-electron chi connectivity index (χ3n) is 5.82. The van der Waals surface area contributed by atoms with Crippen LogP contribution in [0.2, 0.25) is 0 Å². The zero-order valence-electron chi connectivity index (χ0n) is 20.5. The SMILES string of the molecule is COc1cc(-c2noc(Cn3ncn4nc(-c5ccc(C)cc5C)cc4c3=O)n2)cc(OC)c1OC. The van der Waals surface area contributed by atoms with E-state index in [-0.39, 0.29) is 18.0 Å². The van der Waals surface area contributed by atoms with Crippen LogP contribution in [0.3, 0.4) is 0 Å². The van der Waals surface area contributed by atoms with Gasteiger partial charge in [0.25, 0.3) is 5.56 Å². The summed E-state index contributed by atoms with van der Waals surface area (Å²) in [6, 6.07) is 11.3. The Bertz CT molecular complexity index is 1610. The van der Waals surface area contributed by atoms with E-state index in [0.29, 0.717) is 39.8 Å². The van der Waals surface area contributed by atoms with Crippen molar-refractivity contribution in [2.24, 2.45) is 0 Å². The van der Waals surface area contributed by atoms with Crippen LogP contribution in [0.4, 0.5) is 0 Å². The lowest BCUT2D eigenvalue weighted by atomic mass is 10.0. The molecule has 0 aliphatic rings. The minimum Gasteiger partial charge on any atom is -0.493 e. The molecule has 0 radical (unpaired) electrons. The Morgan fingerprint density at radius 2 is 1.72 bits per heavy atom. The van der Waals surface area contributed by atoms with Crippen LogP contribution in [0, 0.1) is 13.8 Å². The van der Waals surface area contributed by atoms with Gasteiger partial charge in [-0.2, -0.15) is 15.2 Å². The fraction of sp³-hybridized carbons (Fsp3) is 0.240. The van der Waals surface area contributed by atoms with Crippen LogP contribution in [-0.4, -0.2) is 50.9 Å². The predicted molar refractivity (Wildman–Crippen MR) is 131 cm³/mol. The van der Waals surface area contributed by atoms with Crippen molar-refractivity contribution >= 4 is 5.52 Å². The van der Waals surface area contributed by atoms with E-state index in [0.717, 1.165) is 16.7 Å². The van der Waals surface area contributed by atoms with Crippen molar-refractivity contribution in [2.75, 3.05) is 21.3 Å². The summed E-state index contributed by atoms with van der Waals surface area (Å²) in [5.74, 6) is 1.90. The van der Waals surface area contributed by atoms with Gasteiger partial charge in [-0.25, -0.2) is 9.20 Å². The van der Waals surface area contributed by atoms with Gasteiger partial charge < -0.3 is 18.7 Å². The Morgan fingerprint density at radius 1 is 0.972 bits per heavy atom. The minimum absolute atomic E-state index is 0.00314. The molecule has 0 aliphatic carbocycles. The normalized spacial score (nSPS) is 11.1. The summed E-state index contributed by atoms with van der Waals surface area (Å²) in [5, 5.41) is 12.8. The van der Waals surface area contributed by atoms with Gasteiger partial charge in [-0.1, -0.05) is 28.9 Å². The van der Waals surface area contributed by atoms with Crippen molar-refractivity contribution in [3.05, 3.63) is 70.1 Å². The Balaban J connectivity index is 1.46. The molecule has 0 bridgehead atoms. The standard InChI is InChI=1S/C25H24N6O5/c1-14-6-7-17(15(2)8-14)18-11-19-25(32)30(26-13-31(19)28-18)12-22-27-24(29-36-22)16-9-20(33-3)23(35-5)21(10-16)34-4/h6-11,13H,12H2,1-5H3. The highest BCUT2D eigenvalue weighted by molar-refractivity contribution is 5.69. The number of ether oxygens (including phenoxy) is 3. The number of fused-ring (bicyclic) bond motifs is 1. The number of rotatable bonds is 7. The van der Waals surface area contributed by atoms with Crippen molar-refractivity contribution in [3.63, 3.8) is 0 Å². The van der Waals surface area contributed by atoms with Crippen LogP contribution in [0.25, 0.3) is 28.2 Å². The zero-order chi connectivity index (χ0) is 25.4. The minimum atomic E-state index is -0.325. The molecule has 5 rings (SSSR count). The lowest BCUT2D eigenvalue weighted by Crippen LogP contribution is -2.25. The molecule has 0 aliphatic heterocycles. The van der Waals surface area contributed by atoms with Crippen LogP contribution >= 0.6 is 0 Å². The first kappa shape index (κ1) is 23.1. The van der Waals surface area contributed by atoms with Crippen LogP contribution < -0.4 is 19.8 Å². The maximum Gasteiger partial charge on any atom is 0.293 e. The van der Waals surface area contributed by atoms with E-state index < -0.39 is 0 Å². The predicted octanol–water partition coefficient (Wildman–Crippen LogP) is 3.30. The van der Waals surface area contributed by atoms with Crippen LogP contribution in [-0.2, 0) is 6.54 Å². The molecule has 5 aromatic rings. The van der Waals surface area contributed by atoms with Gasteiger partial charge in [0.15, 0.2) is 11.5 Å². The summed E-state index contributed by atoms with van der Waals surface area (Å²) in [6.07, 6.45) is 1.49. The van der Waals surface area contributed by atoms with Crippen LogP contribution in [0.5, 0.6) is 17.2 Å². The number of benzene rings is 2. The molecular weight excluding hydrogens is 464 g/mol. The Labute approximate surface area is 205 Å². The van der Waals surface area contributed by atoms with E-state index in [1.807, 2.05) is 26.0 Å². The highest BCUT2D eigenvalue weighted by Gasteiger charge is 2.18. The second-order valence-electron chi connectivity index (χ2n) is 8.20. The third kappa shape index (κ3) is 4.04. The largest absolute Gasteiger partial charge is 0.493 e. The first-order chi connectivity index (χ1) is 17.4. The Hall–Kier alpha value is -4.67. The monoisotopic (exact) mass is 488 g/mol. The van der Waals surface area contributed by atoms with Gasteiger partial charge in [-0.15, -0.1) is 0 Å². The number of hydrogen-bond donors (Lipinski definition) is 0. The van der Waals surface area contributed by atoms with E-state index in [1.165, 1.54) is 36.9 Å². The highest BCUT2D eigenvalue weighted by Crippen LogP contribution is 2.40.